The smallest absolute Gasteiger partial charge is 0.264 e. The Morgan fingerprint density at radius 1 is 1.37 bits per heavy atom. The second-order valence-electron chi connectivity index (χ2n) is 6.19. The third kappa shape index (κ3) is 3.86. The number of carbonyl (C=O) groups excluding carboxylic acids is 2. The van der Waals surface area contributed by atoms with Crippen LogP contribution in [0.3, 0.4) is 0 Å². The van der Waals surface area contributed by atoms with E-state index >= 15 is 0 Å². The van der Waals surface area contributed by atoms with Crippen LogP contribution in [0.2, 0.25) is 0 Å². The number of amides is 1. The highest BCUT2D eigenvalue weighted by Crippen LogP contribution is 2.30. The van der Waals surface area contributed by atoms with E-state index in [1.165, 1.54) is 30.0 Å². The number of Topliss-reactive ketones (excluding diaryl/α,β-unsaturated/α-hetero) is 1. The van der Waals surface area contributed by atoms with E-state index in [2.05, 4.69) is 19.9 Å². The van der Waals surface area contributed by atoms with Crippen LogP contribution >= 0.6 is 23.1 Å². The fourth-order valence-electron chi connectivity index (χ4n) is 2.75. The van der Waals surface area contributed by atoms with Gasteiger partial charge in [-0.15, -0.1) is 11.3 Å². The molecule has 27 heavy (non-hydrogen) atoms. The number of thioether (sulfide) groups is 1. The average Bonchev–Trinajstić information content (AvgIpc) is 3.29. The van der Waals surface area contributed by atoms with Crippen LogP contribution < -0.4 is 5.32 Å². The quantitative estimate of drug-likeness (QED) is 0.683. The molecule has 1 aromatic carbocycles. The number of hydrogen-bond acceptors (Lipinski definition) is 6. The molecule has 3 heterocycles. The first-order valence-electron chi connectivity index (χ1n) is 8.27. The van der Waals surface area contributed by atoms with E-state index in [1.54, 1.807) is 12.3 Å². The van der Waals surface area contributed by atoms with Gasteiger partial charge in [-0.3, -0.25) is 9.59 Å². The van der Waals surface area contributed by atoms with Gasteiger partial charge in [0.15, 0.2) is 5.17 Å². The van der Waals surface area contributed by atoms with Crippen molar-refractivity contribution < 1.29 is 9.59 Å². The zero-order chi connectivity index (χ0) is 19.0. The molecule has 0 atom stereocenters. The molecule has 4 rings (SSSR count). The summed E-state index contributed by atoms with van der Waals surface area (Å²) in [5.41, 5.74) is 1.92. The predicted molar refractivity (Wildman–Crippen MR) is 110 cm³/mol. The van der Waals surface area contributed by atoms with Gasteiger partial charge >= 0.3 is 0 Å². The van der Waals surface area contributed by atoms with Crippen molar-refractivity contribution in [2.75, 3.05) is 0 Å². The highest BCUT2D eigenvalue weighted by molar-refractivity contribution is 8.18. The molecule has 1 N–H and O–H groups in total. The van der Waals surface area contributed by atoms with Gasteiger partial charge in [0.05, 0.1) is 17.0 Å². The molecular formula is C19H16N4O2S2. The van der Waals surface area contributed by atoms with Gasteiger partial charge in [0.1, 0.15) is 10.8 Å². The maximum Gasteiger partial charge on any atom is 0.264 e. The van der Waals surface area contributed by atoms with Gasteiger partial charge in [-0.1, -0.05) is 0 Å². The Balaban J connectivity index is 1.54. The molecule has 2 aromatic heterocycles. The fourth-order valence-corrected chi connectivity index (χ4v) is 4.59. The molecule has 136 valence electrons. The summed E-state index contributed by atoms with van der Waals surface area (Å²) < 4.78 is 2.05. The minimum Gasteiger partial charge on any atom is -0.351 e. The van der Waals surface area contributed by atoms with E-state index in [0.717, 1.165) is 26.5 Å². The maximum absolute atomic E-state index is 12.2. The Hall–Kier alpha value is -2.71. The first-order chi connectivity index (χ1) is 13.0. The molecule has 0 radical (unpaired) electrons. The minimum atomic E-state index is -0.180. The summed E-state index contributed by atoms with van der Waals surface area (Å²) in [6.45, 7) is 1.54. The number of aliphatic imine (C=N–C) groups is 1. The lowest BCUT2D eigenvalue weighted by molar-refractivity contribution is -0.116. The number of nitrogens with zero attached hydrogens (tertiary/aromatic N) is 3. The number of thiazole rings is 1. The summed E-state index contributed by atoms with van der Waals surface area (Å²) in [4.78, 5) is 33.6. The van der Waals surface area contributed by atoms with Crippen molar-refractivity contribution in [2.24, 2.45) is 12.0 Å². The molecule has 0 bridgehead atoms. The topological polar surface area (TPSA) is 76.3 Å². The van der Waals surface area contributed by atoms with E-state index < -0.39 is 0 Å². The number of nitrogens with one attached hydrogen (secondary N) is 1. The van der Waals surface area contributed by atoms with Crippen LogP contribution in [0.1, 0.15) is 16.8 Å². The number of benzene rings is 1. The predicted octanol–water partition coefficient (Wildman–Crippen LogP) is 3.66. The van der Waals surface area contributed by atoms with Gasteiger partial charge in [0.2, 0.25) is 0 Å². The molecule has 3 aromatic rings. The van der Waals surface area contributed by atoms with Gasteiger partial charge in [-0.25, -0.2) is 9.98 Å². The molecule has 0 spiro atoms. The van der Waals surface area contributed by atoms with Crippen LogP contribution in [0.4, 0.5) is 5.69 Å². The largest absolute Gasteiger partial charge is 0.351 e. The Morgan fingerprint density at radius 2 is 2.22 bits per heavy atom. The zero-order valence-corrected chi connectivity index (χ0v) is 16.4. The van der Waals surface area contributed by atoms with Crippen molar-refractivity contribution in [1.82, 2.24) is 14.9 Å². The van der Waals surface area contributed by atoms with Gasteiger partial charge in [0, 0.05) is 35.2 Å². The molecule has 0 aliphatic carbocycles. The van der Waals surface area contributed by atoms with Crippen molar-refractivity contribution >= 4 is 62.6 Å². The van der Waals surface area contributed by atoms with Gasteiger partial charge in [-0.05, 0) is 49.0 Å². The van der Waals surface area contributed by atoms with Crippen LogP contribution in [0.15, 0.2) is 46.6 Å². The van der Waals surface area contributed by atoms with Crippen LogP contribution in [0.5, 0.6) is 0 Å². The number of hydrogen-bond donors (Lipinski definition) is 1. The van der Waals surface area contributed by atoms with Gasteiger partial charge in [0.25, 0.3) is 5.91 Å². The number of carbonyl (C=O) groups is 2. The standard InChI is InChI=1S/C19H16N4O2S2/c1-11(24)7-17-20-10-14(26-17)9-16-18(25)22-19(27-16)21-13-3-4-15-12(8-13)5-6-23(15)2/h3-6,8-10H,7H2,1-2H3,(H,21,22,25)/b16-9-. The summed E-state index contributed by atoms with van der Waals surface area (Å²) in [5, 5.41) is 5.20. The second kappa shape index (κ2) is 7.13. The first kappa shape index (κ1) is 17.7. The third-order valence-electron chi connectivity index (χ3n) is 4.00. The van der Waals surface area contributed by atoms with Crippen LogP contribution in [0, 0.1) is 0 Å². The van der Waals surface area contributed by atoms with E-state index in [4.69, 9.17) is 0 Å². The molecule has 1 aliphatic rings. The number of ketones is 1. The molecule has 0 saturated carbocycles. The zero-order valence-electron chi connectivity index (χ0n) is 14.7. The molecule has 1 aliphatic heterocycles. The Labute approximate surface area is 164 Å². The first-order valence-corrected chi connectivity index (χ1v) is 9.90. The van der Waals surface area contributed by atoms with Crippen molar-refractivity contribution in [3.63, 3.8) is 0 Å². The summed E-state index contributed by atoms with van der Waals surface area (Å²) >= 11 is 2.71. The van der Waals surface area contributed by atoms with Crippen molar-refractivity contribution in [3.8, 4) is 0 Å². The molecule has 1 amide bonds. The Morgan fingerprint density at radius 3 is 3.04 bits per heavy atom. The second-order valence-corrected chi connectivity index (χ2v) is 8.36. The fraction of sp³-hybridized carbons (Fsp3) is 0.158. The number of amidine groups is 1. The SMILES string of the molecule is CC(=O)Cc1ncc(/C=C2\SC(=Nc3ccc4c(ccn4C)c3)NC2=O)s1. The monoisotopic (exact) mass is 396 g/mol. The third-order valence-corrected chi connectivity index (χ3v) is 5.85. The highest BCUT2D eigenvalue weighted by atomic mass is 32.2. The molecule has 0 unspecified atom stereocenters. The van der Waals surface area contributed by atoms with Gasteiger partial charge in [-0.2, -0.15) is 0 Å². The van der Waals surface area contributed by atoms with Crippen LogP contribution in [0.25, 0.3) is 17.0 Å². The summed E-state index contributed by atoms with van der Waals surface area (Å²) in [6.07, 6.45) is 5.79. The summed E-state index contributed by atoms with van der Waals surface area (Å²) in [6, 6.07) is 7.98. The van der Waals surface area contributed by atoms with Crippen molar-refractivity contribution in [1.29, 1.82) is 0 Å². The lowest BCUT2D eigenvalue weighted by Crippen LogP contribution is -2.19. The summed E-state index contributed by atoms with van der Waals surface area (Å²) in [5.74, 6) is -0.109. The molecule has 1 fully saturated rings. The number of aryl methyl sites for hydroxylation is 1. The number of fused-ring (bicyclic) bond motifs is 1. The summed E-state index contributed by atoms with van der Waals surface area (Å²) in [7, 11) is 2.00. The average molecular weight is 396 g/mol. The van der Waals surface area contributed by atoms with Gasteiger partial charge < -0.3 is 9.88 Å². The highest BCUT2D eigenvalue weighted by Gasteiger charge is 2.24. The molecule has 1 saturated heterocycles. The van der Waals surface area contributed by atoms with Crippen molar-refractivity contribution in [3.05, 3.63) is 51.4 Å². The Bertz CT molecular complexity index is 1120. The minimum absolute atomic E-state index is 0.0707. The Kier molecular flexibility index (Phi) is 4.67. The maximum atomic E-state index is 12.2. The van der Waals surface area contributed by atoms with Crippen LogP contribution in [-0.4, -0.2) is 26.4 Å². The van der Waals surface area contributed by atoms with Crippen molar-refractivity contribution in [2.45, 2.75) is 13.3 Å². The molecule has 6 nitrogen and oxygen atoms in total. The number of aromatic nitrogens is 2. The van der Waals surface area contributed by atoms with E-state index in [-0.39, 0.29) is 11.7 Å². The lowest BCUT2D eigenvalue weighted by atomic mass is 10.2. The molecule has 8 heteroatoms. The van der Waals surface area contributed by atoms with E-state index in [0.29, 0.717) is 16.5 Å². The number of rotatable bonds is 4. The molecular weight excluding hydrogens is 380 g/mol. The lowest BCUT2D eigenvalue weighted by Gasteiger charge is -1.99. The van der Waals surface area contributed by atoms with E-state index in [1.807, 2.05) is 37.5 Å². The normalized spacial score (nSPS) is 17.2. The van der Waals surface area contributed by atoms with E-state index in [9.17, 15) is 9.59 Å². The van der Waals surface area contributed by atoms with Crippen LogP contribution in [-0.2, 0) is 23.1 Å².